The van der Waals surface area contributed by atoms with Crippen LogP contribution in [0.1, 0.15) is 29.4 Å². The lowest BCUT2D eigenvalue weighted by Crippen LogP contribution is -2.24. The molecular formula is C17H21N3O. The molecule has 2 N–H and O–H groups in total. The second kappa shape index (κ2) is 8.04. The lowest BCUT2D eigenvalue weighted by molar-refractivity contribution is 0.0949. The number of carbonyl (C=O) groups excluding carboxylic acids is 1. The number of hydrogen-bond acceptors (Lipinski definition) is 3. The van der Waals surface area contributed by atoms with Gasteiger partial charge in [0.15, 0.2) is 0 Å². The number of anilines is 1. The lowest BCUT2D eigenvalue weighted by Gasteiger charge is -2.07. The summed E-state index contributed by atoms with van der Waals surface area (Å²) in [4.78, 5) is 15.9. The summed E-state index contributed by atoms with van der Waals surface area (Å²) in [6.07, 6.45) is 3.58. The Bertz CT molecular complexity index is 552. The van der Waals surface area contributed by atoms with Crippen LogP contribution >= 0.6 is 0 Å². The summed E-state index contributed by atoms with van der Waals surface area (Å²) in [5, 5.41) is 6.12. The van der Waals surface area contributed by atoms with Crippen molar-refractivity contribution in [2.45, 2.75) is 19.8 Å². The monoisotopic (exact) mass is 283 g/mol. The van der Waals surface area contributed by atoms with Gasteiger partial charge >= 0.3 is 0 Å². The third-order valence-electron chi connectivity index (χ3n) is 3.12. The van der Waals surface area contributed by atoms with Gasteiger partial charge in [0.05, 0.1) is 11.9 Å². The van der Waals surface area contributed by atoms with Crippen LogP contribution in [0, 0.1) is 0 Å². The van der Waals surface area contributed by atoms with Crippen molar-refractivity contribution < 1.29 is 4.79 Å². The number of nitrogens with one attached hydrogen (secondary N) is 2. The fourth-order valence-electron chi connectivity index (χ4n) is 1.96. The van der Waals surface area contributed by atoms with Gasteiger partial charge < -0.3 is 10.6 Å². The van der Waals surface area contributed by atoms with E-state index in [-0.39, 0.29) is 5.91 Å². The van der Waals surface area contributed by atoms with Crippen molar-refractivity contribution >= 4 is 11.6 Å². The first-order valence-corrected chi connectivity index (χ1v) is 7.31. The van der Waals surface area contributed by atoms with Crippen molar-refractivity contribution in [3.8, 4) is 0 Å². The number of benzene rings is 1. The molecule has 4 nitrogen and oxygen atoms in total. The van der Waals surface area contributed by atoms with Gasteiger partial charge in [-0.3, -0.25) is 4.79 Å². The number of hydrogen-bond donors (Lipinski definition) is 2. The van der Waals surface area contributed by atoms with E-state index in [1.165, 1.54) is 5.56 Å². The standard InChI is InChI=1S/C17H21N3O/c1-2-11-19-17(21)16-9-8-15(13-20-16)18-12-10-14-6-4-3-5-7-14/h3-9,13,18H,2,10-12H2,1H3,(H,19,21). The van der Waals surface area contributed by atoms with Crippen LogP contribution in [-0.4, -0.2) is 24.0 Å². The van der Waals surface area contributed by atoms with Crippen LogP contribution in [0.15, 0.2) is 48.7 Å². The van der Waals surface area contributed by atoms with Crippen LogP contribution in [0.3, 0.4) is 0 Å². The molecule has 21 heavy (non-hydrogen) atoms. The largest absolute Gasteiger partial charge is 0.383 e. The maximum absolute atomic E-state index is 11.7. The summed E-state index contributed by atoms with van der Waals surface area (Å²) < 4.78 is 0. The Morgan fingerprint density at radius 2 is 1.90 bits per heavy atom. The first kappa shape index (κ1) is 15.0. The van der Waals surface area contributed by atoms with E-state index < -0.39 is 0 Å². The zero-order valence-corrected chi connectivity index (χ0v) is 12.3. The molecule has 1 heterocycles. The fourth-order valence-corrected chi connectivity index (χ4v) is 1.96. The molecule has 0 spiro atoms. The van der Waals surface area contributed by atoms with Gasteiger partial charge in [0.2, 0.25) is 0 Å². The van der Waals surface area contributed by atoms with E-state index in [0.717, 1.165) is 25.1 Å². The van der Waals surface area contributed by atoms with Gasteiger partial charge in [-0.15, -0.1) is 0 Å². The minimum absolute atomic E-state index is 0.118. The highest BCUT2D eigenvalue weighted by Crippen LogP contribution is 2.07. The third-order valence-corrected chi connectivity index (χ3v) is 3.12. The number of rotatable bonds is 7. The molecule has 1 aromatic heterocycles. The highest BCUT2D eigenvalue weighted by molar-refractivity contribution is 5.92. The summed E-state index contributed by atoms with van der Waals surface area (Å²) in [6.45, 7) is 3.54. The Morgan fingerprint density at radius 1 is 1.10 bits per heavy atom. The van der Waals surface area contributed by atoms with Crippen LogP contribution in [0.2, 0.25) is 0 Å². The summed E-state index contributed by atoms with van der Waals surface area (Å²) in [5.41, 5.74) is 2.68. The van der Waals surface area contributed by atoms with Gasteiger partial charge in [0.25, 0.3) is 5.91 Å². The van der Waals surface area contributed by atoms with Gasteiger partial charge in [-0.25, -0.2) is 4.98 Å². The Hall–Kier alpha value is -2.36. The average Bonchev–Trinajstić information content (AvgIpc) is 2.54. The fraction of sp³-hybridized carbons (Fsp3) is 0.294. The van der Waals surface area contributed by atoms with Crippen LogP contribution in [0.25, 0.3) is 0 Å². The minimum atomic E-state index is -0.118. The highest BCUT2D eigenvalue weighted by Gasteiger charge is 2.05. The van der Waals surface area contributed by atoms with Gasteiger partial charge in [-0.2, -0.15) is 0 Å². The van der Waals surface area contributed by atoms with Crippen molar-refractivity contribution in [3.05, 3.63) is 59.9 Å². The smallest absolute Gasteiger partial charge is 0.269 e. The Kier molecular flexibility index (Phi) is 5.76. The zero-order valence-electron chi connectivity index (χ0n) is 12.3. The number of pyridine rings is 1. The van der Waals surface area contributed by atoms with Crippen LogP contribution in [0.5, 0.6) is 0 Å². The van der Waals surface area contributed by atoms with E-state index in [0.29, 0.717) is 12.2 Å². The number of carbonyl (C=O) groups is 1. The molecule has 4 heteroatoms. The van der Waals surface area contributed by atoms with E-state index >= 15 is 0 Å². The molecule has 2 aromatic rings. The highest BCUT2D eigenvalue weighted by atomic mass is 16.1. The van der Waals surface area contributed by atoms with Gasteiger partial charge in [-0.1, -0.05) is 37.3 Å². The molecule has 0 atom stereocenters. The summed E-state index contributed by atoms with van der Waals surface area (Å²) in [6, 6.07) is 14.0. The van der Waals surface area contributed by atoms with Crippen LogP contribution < -0.4 is 10.6 Å². The summed E-state index contributed by atoms with van der Waals surface area (Å²) in [7, 11) is 0. The summed E-state index contributed by atoms with van der Waals surface area (Å²) in [5.74, 6) is -0.118. The maximum atomic E-state index is 11.7. The first-order chi connectivity index (χ1) is 10.3. The number of aromatic nitrogens is 1. The maximum Gasteiger partial charge on any atom is 0.269 e. The Morgan fingerprint density at radius 3 is 2.57 bits per heavy atom. The average molecular weight is 283 g/mol. The molecule has 1 aromatic carbocycles. The summed E-state index contributed by atoms with van der Waals surface area (Å²) >= 11 is 0. The molecule has 0 unspecified atom stereocenters. The van der Waals surface area contributed by atoms with Gasteiger partial charge in [0, 0.05) is 13.1 Å². The molecule has 2 rings (SSSR count). The molecule has 0 bridgehead atoms. The van der Waals surface area contributed by atoms with E-state index in [1.54, 1.807) is 12.3 Å². The third kappa shape index (κ3) is 4.91. The molecule has 0 radical (unpaired) electrons. The molecule has 0 aliphatic carbocycles. The van der Waals surface area contributed by atoms with Crippen LogP contribution in [0.4, 0.5) is 5.69 Å². The Balaban J connectivity index is 1.81. The zero-order chi connectivity index (χ0) is 14.9. The molecule has 0 aliphatic heterocycles. The number of nitrogens with zero attached hydrogens (tertiary/aromatic N) is 1. The van der Waals surface area contributed by atoms with Crippen molar-refractivity contribution in [1.82, 2.24) is 10.3 Å². The molecule has 1 amide bonds. The van der Waals surface area contributed by atoms with Gasteiger partial charge in [-0.05, 0) is 30.5 Å². The molecule has 0 saturated carbocycles. The first-order valence-electron chi connectivity index (χ1n) is 7.31. The van der Waals surface area contributed by atoms with Crippen molar-refractivity contribution in [2.75, 3.05) is 18.4 Å². The second-order valence-electron chi connectivity index (χ2n) is 4.85. The second-order valence-corrected chi connectivity index (χ2v) is 4.85. The molecule has 0 saturated heterocycles. The van der Waals surface area contributed by atoms with E-state index in [4.69, 9.17) is 0 Å². The molecule has 0 fully saturated rings. The van der Waals surface area contributed by atoms with Crippen molar-refractivity contribution in [1.29, 1.82) is 0 Å². The predicted molar refractivity (Wildman–Crippen MR) is 85.5 cm³/mol. The van der Waals surface area contributed by atoms with E-state index in [1.807, 2.05) is 31.2 Å². The van der Waals surface area contributed by atoms with Crippen LogP contribution in [-0.2, 0) is 6.42 Å². The topological polar surface area (TPSA) is 54.0 Å². The molecular weight excluding hydrogens is 262 g/mol. The quantitative estimate of drug-likeness (QED) is 0.821. The Labute approximate surface area is 125 Å². The van der Waals surface area contributed by atoms with Crippen molar-refractivity contribution in [3.63, 3.8) is 0 Å². The lowest BCUT2D eigenvalue weighted by atomic mass is 10.1. The predicted octanol–water partition coefficient (Wildman–Crippen LogP) is 2.88. The number of amides is 1. The molecule has 0 aliphatic rings. The minimum Gasteiger partial charge on any atom is -0.383 e. The molecule has 110 valence electrons. The van der Waals surface area contributed by atoms with Crippen molar-refractivity contribution in [2.24, 2.45) is 0 Å². The van der Waals surface area contributed by atoms with E-state index in [2.05, 4.69) is 27.8 Å². The van der Waals surface area contributed by atoms with Gasteiger partial charge in [0.1, 0.15) is 5.69 Å². The van der Waals surface area contributed by atoms with E-state index in [9.17, 15) is 4.79 Å². The SMILES string of the molecule is CCCNC(=O)c1ccc(NCCc2ccccc2)cn1. The normalized spacial score (nSPS) is 10.1.